The molecule has 0 unspecified atom stereocenters. The number of aryl methyl sites for hydroxylation is 2. The molecule has 114 valence electrons. The van der Waals surface area contributed by atoms with Gasteiger partial charge in [-0.3, -0.25) is 4.98 Å². The summed E-state index contributed by atoms with van der Waals surface area (Å²) in [7, 11) is 0. The van der Waals surface area contributed by atoms with E-state index < -0.39 is 0 Å². The minimum atomic E-state index is -0.0496. The van der Waals surface area contributed by atoms with Gasteiger partial charge in [-0.15, -0.1) is 11.3 Å². The Morgan fingerprint density at radius 1 is 1.32 bits per heavy atom. The van der Waals surface area contributed by atoms with Crippen molar-refractivity contribution in [3.63, 3.8) is 0 Å². The fraction of sp³-hybridized carbons (Fsp3) is 0.294. The first-order valence-corrected chi connectivity index (χ1v) is 8.24. The molecular weight excluding hydrogens is 294 g/mol. The Morgan fingerprint density at radius 2 is 2.09 bits per heavy atom. The quantitative estimate of drug-likeness (QED) is 0.908. The van der Waals surface area contributed by atoms with Crippen LogP contribution in [0.1, 0.15) is 22.7 Å². The summed E-state index contributed by atoms with van der Waals surface area (Å²) in [6, 6.07) is 7.93. The zero-order chi connectivity index (χ0) is 15.5. The molecule has 0 spiro atoms. The Kier molecular flexibility index (Phi) is 4.24. The van der Waals surface area contributed by atoms with Crippen LogP contribution in [0.2, 0.25) is 0 Å². The maximum atomic E-state index is 12.4. The maximum Gasteiger partial charge on any atom is 0.322 e. The molecule has 1 aliphatic heterocycles. The van der Waals surface area contributed by atoms with Crippen molar-refractivity contribution in [1.82, 2.24) is 9.88 Å². The minimum Gasteiger partial charge on any atom is -0.320 e. The van der Waals surface area contributed by atoms with Crippen LogP contribution < -0.4 is 5.32 Å². The Balaban J connectivity index is 1.64. The number of anilines is 1. The predicted octanol–water partition coefficient (Wildman–Crippen LogP) is 4.08. The zero-order valence-electron chi connectivity index (χ0n) is 12.8. The Bertz CT molecular complexity index is 686. The number of nitrogens with zero attached hydrogens (tertiary/aromatic N) is 2. The van der Waals surface area contributed by atoms with E-state index in [-0.39, 0.29) is 6.03 Å². The number of amides is 2. The smallest absolute Gasteiger partial charge is 0.320 e. The van der Waals surface area contributed by atoms with Gasteiger partial charge in [0, 0.05) is 35.0 Å². The van der Waals surface area contributed by atoms with Crippen molar-refractivity contribution >= 4 is 28.6 Å². The van der Waals surface area contributed by atoms with Crippen LogP contribution in [0.3, 0.4) is 0 Å². The van der Waals surface area contributed by atoms with Gasteiger partial charge in [0.15, 0.2) is 0 Å². The van der Waals surface area contributed by atoms with E-state index in [0.717, 1.165) is 30.0 Å². The summed E-state index contributed by atoms with van der Waals surface area (Å²) in [6.45, 7) is 5.26. The number of carbonyl (C=O) groups is 1. The maximum absolute atomic E-state index is 12.4. The molecule has 3 heterocycles. The van der Waals surface area contributed by atoms with Crippen molar-refractivity contribution in [2.45, 2.75) is 20.3 Å². The van der Waals surface area contributed by atoms with Crippen molar-refractivity contribution < 1.29 is 4.79 Å². The van der Waals surface area contributed by atoms with Crippen LogP contribution >= 0.6 is 11.3 Å². The van der Waals surface area contributed by atoms with Gasteiger partial charge in [-0.1, -0.05) is 12.1 Å². The van der Waals surface area contributed by atoms with Crippen LogP contribution in [0.4, 0.5) is 10.5 Å². The topological polar surface area (TPSA) is 45.2 Å². The van der Waals surface area contributed by atoms with E-state index in [4.69, 9.17) is 0 Å². The number of hydrogen-bond donors (Lipinski definition) is 1. The minimum absolute atomic E-state index is 0.0496. The summed E-state index contributed by atoms with van der Waals surface area (Å²) in [5.41, 5.74) is 3.97. The average molecular weight is 313 g/mol. The van der Waals surface area contributed by atoms with Crippen LogP contribution in [-0.2, 0) is 0 Å². The highest BCUT2D eigenvalue weighted by Gasteiger charge is 2.18. The van der Waals surface area contributed by atoms with Gasteiger partial charge in [-0.2, -0.15) is 0 Å². The molecule has 0 bridgehead atoms. The summed E-state index contributed by atoms with van der Waals surface area (Å²) in [5.74, 6) is 0. The van der Waals surface area contributed by atoms with Crippen molar-refractivity contribution in [3.8, 4) is 0 Å². The van der Waals surface area contributed by atoms with Gasteiger partial charge >= 0.3 is 6.03 Å². The third-order valence-corrected chi connectivity index (χ3v) is 4.61. The van der Waals surface area contributed by atoms with E-state index in [1.807, 2.05) is 30.9 Å². The lowest BCUT2D eigenvalue weighted by molar-refractivity contribution is 0.217. The highest BCUT2D eigenvalue weighted by molar-refractivity contribution is 7.11. The van der Waals surface area contributed by atoms with Gasteiger partial charge in [0.1, 0.15) is 0 Å². The molecule has 5 heteroatoms. The fourth-order valence-electron chi connectivity index (χ4n) is 2.65. The van der Waals surface area contributed by atoms with Crippen LogP contribution in [0.5, 0.6) is 0 Å². The van der Waals surface area contributed by atoms with Crippen molar-refractivity contribution in [2.75, 3.05) is 18.4 Å². The molecule has 22 heavy (non-hydrogen) atoms. The summed E-state index contributed by atoms with van der Waals surface area (Å²) < 4.78 is 0. The largest absolute Gasteiger partial charge is 0.322 e. The van der Waals surface area contributed by atoms with E-state index in [1.54, 1.807) is 11.3 Å². The van der Waals surface area contributed by atoms with E-state index >= 15 is 0 Å². The van der Waals surface area contributed by atoms with E-state index in [2.05, 4.69) is 33.9 Å². The number of thiophene rings is 1. The predicted molar refractivity (Wildman–Crippen MR) is 91.2 cm³/mol. The zero-order valence-corrected chi connectivity index (χ0v) is 13.6. The van der Waals surface area contributed by atoms with Crippen LogP contribution in [-0.4, -0.2) is 29.0 Å². The van der Waals surface area contributed by atoms with E-state index in [0.29, 0.717) is 6.54 Å². The van der Waals surface area contributed by atoms with Crippen LogP contribution in [0.25, 0.3) is 5.57 Å². The number of urea groups is 1. The molecule has 2 aromatic rings. The van der Waals surface area contributed by atoms with Crippen LogP contribution in [0, 0.1) is 13.8 Å². The standard InChI is InChI=1S/C17H19N3OS/c1-12-10-15(11-13(2)18-12)19-17(21)20-7-5-14(6-8-20)16-4-3-9-22-16/h3-5,9-11H,6-8H2,1-2H3,(H,18,19,21). The average Bonchev–Trinajstić information content (AvgIpc) is 3.00. The SMILES string of the molecule is Cc1cc(NC(=O)N2CC=C(c3cccs3)CC2)cc(C)n1. The number of rotatable bonds is 2. The van der Waals surface area contributed by atoms with Gasteiger partial charge in [-0.25, -0.2) is 4.79 Å². The Hall–Kier alpha value is -2.14. The number of hydrogen-bond acceptors (Lipinski definition) is 3. The second-order valence-electron chi connectivity index (χ2n) is 5.47. The van der Waals surface area contributed by atoms with Gasteiger partial charge in [0.2, 0.25) is 0 Å². The van der Waals surface area contributed by atoms with Gasteiger partial charge < -0.3 is 10.2 Å². The molecule has 0 saturated carbocycles. The third kappa shape index (κ3) is 3.36. The first-order chi connectivity index (χ1) is 10.6. The summed E-state index contributed by atoms with van der Waals surface area (Å²) in [4.78, 5) is 19.8. The molecule has 3 rings (SSSR count). The summed E-state index contributed by atoms with van der Waals surface area (Å²) in [6.07, 6.45) is 3.06. The third-order valence-electron chi connectivity index (χ3n) is 3.67. The van der Waals surface area contributed by atoms with Gasteiger partial charge in [-0.05, 0) is 49.4 Å². The number of carbonyl (C=O) groups excluding carboxylic acids is 1. The molecule has 1 aliphatic rings. The second kappa shape index (κ2) is 6.32. The summed E-state index contributed by atoms with van der Waals surface area (Å²) >= 11 is 1.75. The second-order valence-corrected chi connectivity index (χ2v) is 6.42. The van der Waals surface area contributed by atoms with Crippen molar-refractivity contribution in [3.05, 3.63) is 52.0 Å². The Morgan fingerprint density at radius 3 is 2.68 bits per heavy atom. The highest BCUT2D eigenvalue weighted by Crippen LogP contribution is 2.26. The van der Waals surface area contributed by atoms with Crippen molar-refractivity contribution in [1.29, 1.82) is 0 Å². The van der Waals surface area contributed by atoms with Crippen LogP contribution in [0.15, 0.2) is 35.7 Å². The lowest BCUT2D eigenvalue weighted by Crippen LogP contribution is -2.37. The van der Waals surface area contributed by atoms with Crippen molar-refractivity contribution in [2.24, 2.45) is 0 Å². The van der Waals surface area contributed by atoms with E-state index in [1.165, 1.54) is 10.5 Å². The molecule has 0 fully saturated rings. The normalized spacial score (nSPS) is 14.6. The lowest BCUT2D eigenvalue weighted by Gasteiger charge is -2.26. The monoisotopic (exact) mass is 313 g/mol. The molecule has 0 saturated heterocycles. The number of pyridine rings is 1. The van der Waals surface area contributed by atoms with E-state index in [9.17, 15) is 4.79 Å². The first kappa shape index (κ1) is 14.8. The molecule has 1 N–H and O–H groups in total. The fourth-order valence-corrected chi connectivity index (χ4v) is 3.45. The molecular formula is C17H19N3OS. The molecule has 0 aliphatic carbocycles. The highest BCUT2D eigenvalue weighted by atomic mass is 32.1. The van der Waals surface area contributed by atoms with Gasteiger partial charge in [0.05, 0.1) is 0 Å². The molecule has 4 nitrogen and oxygen atoms in total. The molecule has 0 atom stereocenters. The Labute approximate surface area is 134 Å². The number of nitrogens with one attached hydrogen (secondary N) is 1. The molecule has 0 aromatic carbocycles. The molecule has 0 radical (unpaired) electrons. The molecule has 2 amide bonds. The lowest BCUT2D eigenvalue weighted by atomic mass is 10.1. The summed E-state index contributed by atoms with van der Waals surface area (Å²) in [5, 5.41) is 5.05. The first-order valence-electron chi connectivity index (χ1n) is 7.36. The molecule has 2 aromatic heterocycles. The number of aromatic nitrogens is 1. The van der Waals surface area contributed by atoms with Gasteiger partial charge in [0.25, 0.3) is 0 Å².